The molecule has 0 aliphatic heterocycles. The lowest BCUT2D eigenvalue weighted by molar-refractivity contribution is -0.123. The molecule has 1 amide bonds. The summed E-state index contributed by atoms with van der Waals surface area (Å²) in [6.07, 6.45) is 1.95. The van der Waals surface area contributed by atoms with Crippen molar-refractivity contribution in [3.05, 3.63) is 34.3 Å². The highest BCUT2D eigenvalue weighted by molar-refractivity contribution is 9.10. The van der Waals surface area contributed by atoms with Crippen LogP contribution in [0.15, 0.2) is 28.7 Å². The summed E-state index contributed by atoms with van der Waals surface area (Å²) in [6, 6.07) is 8.06. The fourth-order valence-corrected chi connectivity index (χ4v) is 2.13. The first-order valence-corrected chi connectivity index (χ1v) is 6.03. The first kappa shape index (κ1) is 10.7. The lowest BCUT2D eigenvalue weighted by Crippen LogP contribution is -2.34. The van der Waals surface area contributed by atoms with Crippen molar-refractivity contribution in [3.8, 4) is 0 Å². The van der Waals surface area contributed by atoms with Crippen LogP contribution in [0.2, 0.25) is 0 Å². The summed E-state index contributed by atoms with van der Waals surface area (Å²) in [6.45, 7) is 2.66. The SMILES string of the molecule is CCNC(=O)C1(c2ccc(Br)cc2)CC1. The molecule has 3 heteroatoms. The third-order valence-electron chi connectivity index (χ3n) is 2.92. The zero-order valence-corrected chi connectivity index (χ0v) is 10.3. The Morgan fingerprint density at radius 1 is 1.40 bits per heavy atom. The highest BCUT2D eigenvalue weighted by Gasteiger charge is 2.50. The normalized spacial score (nSPS) is 17.2. The van der Waals surface area contributed by atoms with E-state index in [-0.39, 0.29) is 11.3 Å². The second-order valence-electron chi connectivity index (χ2n) is 3.95. The van der Waals surface area contributed by atoms with Crippen molar-refractivity contribution in [1.82, 2.24) is 5.32 Å². The van der Waals surface area contributed by atoms with E-state index in [9.17, 15) is 4.79 Å². The van der Waals surface area contributed by atoms with Crippen molar-refractivity contribution in [2.75, 3.05) is 6.54 Å². The van der Waals surface area contributed by atoms with Gasteiger partial charge < -0.3 is 5.32 Å². The lowest BCUT2D eigenvalue weighted by atomic mass is 9.95. The van der Waals surface area contributed by atoms with Crippen LogP contribution in [0, 0.1) is 0 Å². The second-order valence-corrected chi connectivity index (χ2v) is 4.86. The number of halogens is 1. The van der Waals surface area contributed by atoms with Gasteiger partial charge in [0.15, 0.2) is 0 Å². The summed E-state index contributed by atoms with van der Waals surface area (Å²) in [5.41, 5.74) is 0.910. The molecule has 1 N–H and O–H groups in total. The van der Waals surface area contributed by atoms with Gasteiger partial charge in [-0.15, -0.1) is 0 Å². The molecule has 1 saturated carbocycles. The van der Waals surface area contributed by atoms with Crippen molar-refractivity contribution in [1.29, 1.82) is 0 Å². The third-order valence-corrected chi connectivity index (χ3v) is 3.45. The zero-order valence-electron chi connectivity index (χ0n) is 8.72. The predicted octanol–water partition coefficient (Wildman–Crippen LogP) is 2.62. The monoisotopic (exact) mass is 267 g/mol. The van der Waals surface area contributed by atoms with Crippen LogP contribution in [0.3, 0.4) is 0 Å². The van der Waals surface area contributed by atoms with Gasteiger partial charge >= 0.3 is 0 Å². The molecule has 1 aliphatic carbocycles. The fraction of sp³-hybridized carbons (Fsp3) is 0.417. The van der Waals surface area contributed by atoms with Crippen LogP contribution in [0.25, 0.3) is 0 Å². The van der Waals surface area contributed by atoms with Gasteiger partial charge in [0.2, 0.25) is 5.91 Å². The molecule has 1 aliphatic rings. The standard InChI is InChI=1S/C12H14BrNO/c1-2-14-11(15)12(7-8-12)9-3-5-10(13)6-4-9/h3-6H,2,7-8H2,1H3,(H,14,15). The molecule has 0 atom stereocenters. The van der Waals surface area contributed by atoms with Crippen LogP contribution in [-0.2, 0) is 10.2 Å². The molecular weight excluding hydrogens is 254 g/mol. The van der Waals surface area contributed by atoms with Crippen LogP contribution in [0.5, 0.6) is 0 Å². The molecular formula is C12H14BrNO. The highest BCUT2D eigenvalue weighted by atomic mass is 79.9. The Morgan fingerprint density at radius 3 is 2.47 bits per heavy atom. The maximum Gasteiger partial charge on any atom is 0.230 e. The van der Waals surface area contributed by atoms with E-state index in [1.165, 1.54) is 0 Å². The Kier molecular flexibility index (Phi) is 2.83. The average molecular weight is 268 g/mol. The molecule has 1 aromatic carbocycles. The first-order valence-electron chi connectivity index (χ1n) is 5.23. The molecule has 1 fully saturated rings. The first-order chi connectivity index (χ1) is 7.19. The van der Waals surface area contributed by atoms with Crippen LogP contribution in [0.4, 0.5) is 0 Å². The van der Waals surface area contributed by atoms with E-state index in [1.807, 2.05) is 31.2 Å². The topological polar surface area (TPSA) is 29.1 Å². The van der Waals surface area contributed by atoms with Crippen LogP contribution in [-0.4, -0.2) is 12.5 Å². The molecule has 0 unspecified atom stereocenters. The smallest absolute Gasteiger partial charge is 0.230 e. The minimum atomic E-state index is -0.225. The van der Waals surface area contributed by atoms with Crippen molar-refractivity contribution >= 4 is 21.8 Å². The molecule has 0 aromatic heterocycles. The van der Waals surface area contributed by atoms with Crippen LogP contribution >= 0.6 is 15.9 Å². The molecule has 0 saturated heterocycles. The van der Waals surface area contributed by atoms with E-state index in [2.05, 4.69) is 21.2 Å². The molecule has 80 valence electrons. The van der Waals surface area contributed by atoms with Gasteiger partial charge in [-0.3, -0.25) is 4.79 Å². The molecule has 1 aromatic rings. The largest absolute Gasteiger partial charge is 0.356 e. The summed E-state index contributed by atoms with van der Waals surface area (Å²) in [7, 11) is 0. The predicted molar refractivity (Wildman–Crippen MR) is 63.7 cm³/mol. The third kappa shape index (κ3) is 1.93. The summed E-state index contributed by atoms with van der Waals surface area (Å²) in [5.74, 6) is 0.173. The molecule has 15 heavy (non-hydrogen) atoms. The second kappa shape index (κ2) is 3.97. The number of carbonyl (C=O) groups excluding carboxylic acids is 1. The van der Waals surface area contributed by atoms with E-state index in [0.717, 1.165) is 22.9 Å². The van der Waals surface area contributed by atoms with Gasteiger partial charge in [-0.05, 0) is 37.5 Å². The van der Waals surface area contributed by atoms with E-state index >= 15 is 0 Å². The van der Waals surface area contributed by atoms with Crippen LogP contribution in [0.1, 0.15) is 25.3 Å². The summed E-state index contributed by atoms with van der Waals surface area (Å²) in [5, 5.41) is 2.91. The van der Waals surface area contributed by atoms with Gasteiger partial charge in [-0.1, -0.05) is 28.1 Å². The van der Waals surface area contributed by atoms with E-state index in [4.69, 9.17) is 0 Å². The summed E-state index contributed by atoms with van der Waals surface area (Å²) in [4.78, 5) is 11.9. The van der Waals surface area contributed by atoms with Crippen LogP contribution < -0.4 is 5.32 Å². The Morgan fingerprint density at radius 2 is 2.00 bits per heavy atom. The number of amides is 1. The fourth-order valence-electron chi connectivity index (χ4n) is 1.87. The quantitative estimate of drug-likeness (QED) is 0.897. The Bertz CT molecular complexity index is 368. The van der Waals surface area contributed by atoms with E-state index in [1.54, 1.807) is 0 Å². The van der Waals surface area contributed by atoms with Crippen molar-refractivity contribution in [2.24, 2.45) is 0 Å². The number of hydrogen-bond acceptors (Lipinski definition) is 1. The van der Waals surface area contributed by atoms with Gasteiger partial charge in [0.25, 0.3) is 0 Å². The van der Waals surface area contributed by atoms with Gasteiger partial charge in [0.1, 0.15) is 0 Å². The Labute approximate surface area is 98.2 Å². The van der Waals surface area contributed by atoms with Crippen molar-refractivity contribution in [3.63, 3.8) is 0 Å². The molecule has 0 radical (unpaired) electrons. The molecule has 0 spiro atoms. The molecule has 0 bridgehead atoms. The Balaban J connectivity index is 2.22. The number of rotatable bonds is 3. The van der Waals surface area contributed by atoms with Gasteiger partial charge in [-0.25, -0.2) is 0 Å². The maximum atomic E-state index is 11.9. The zero-order chi connectivity index (χ0) is 10.9. The van der Waals surface area contributed by atoms with E-state index < -0.39 is 0 Å². The lowest BCUT2D eigenvalue weighted by Gasteiger charge is -2.14. The number of hydrogen-bond donors (Lipinski definition) is 1. The summed E-state index contributed by atoms with van der Waals surface area (Å²) >= 11 is 3.40. The van der Waals surface area contributed by atoms with Gasteiger partial charge in [-0.2, -0.15) is 0 Å². The molecule has 2 rings (SSSR count). The minimum absolute atomic E-state index is 0.173. The maximum absolute atomic E-state index is 11.9. The Hall–Kier alpha value is -0.830. The van der Waals surface area contributed by atoms with Gasteiger partial charge in [0, 0.05) is 11.0 Å². The highest BCUT2D eigenvalue weighted by Crippen LogP contribution is 2.48. The average Bonchev–Trinajstić information content (AvgIpc) is 3.00. The number of likely N-dealkylation sites (N-methyl/N-ethyl adjacent to an activating group) is 1. The number of carbonyl (C=O) groups is 1. The minimum Gasteiger partial charge on any atom is -0.356 e. The molecule has 2 nitrogen and oxygen atoms in total. The van der Waals surface area contributed by atoms with E-state index in [0.29, 0.717) is 6.54 Å². The number of nitrogens with one attached hydrogen (secondary N) is 1. The summed E-state index contributed by atoms with van der Waals surface area (Å²) < 4.78 is 1.05. The van der Waals surface area contributed by atoms with Gasteiger partial charge in [0.05, 0.1) is 5.41 Å². The van der Waals surface area contributed by atoms with Crippen molar-refractivity contribution < 1.29 is 4.79 Å². The van der Waals surface area contributed by atoms with Crippen molar-refractivity contribution in [2.45, 2.75) is 25.2 Å². The molecule has 0 heterocycles. The number of benzene rings is 1.